The van der Waals surface area contributed by atoms with Crippen molar-refractivity contribution in [1.82, 2.24) is 0 Å². The number of benzene rings is 1. The molecule has 1 amide bonds. The molecule has 1 aliphatic heterocycles. The van der Waals surface area contributed by atoms with E-state index in [9.17, 15) is 13.6 Å². The Hall–Kier alpha value is -2.82. The molecular formula is C26H30F2N2O. The first-order valence-corrected chi connectivity index (χ1v) is 10.9. The number of nitrogens with zero attached hydrogens (tertiary/aromatic N) is 1. The van der Waals surface area contributed by atoms with Gasteiger partial charge in [-0.1, -0.05) is 13.0 Å². The maximum Gasteiger partial charge on any atom is 0.224 e. The van der Waals surface area contributed by atoms with Crippen LogP contribution in [0.5, 0.6) is 0 Å². The average molecular weight is 425 g/mol. The van der Waals surface area contributed by atoms with Crippen molar-refractivity contribution in [2.75, 3.05) is 11.9 Å². The first-order chi connectivity index (χ1) is 14.9. The summed E-state index contributed by atoms with van der Waals surface area (Å²) in [6, 6.07) is 5.81. The lowest BCUT2D eigenvalue weighted by Gasteiger charge is -2.19. The Bertz CT molecular complexity index is 925. The predicted molar refractivity (Wildman–Crippen MR) is 123 cm³/mol. The molecule has 1 aliphatic carbocycles. The van der Waals surface area contributed by atoms with E-state index in [-0.39, 0.29) is 23.5 Å². The van der Waals surface area contributed by atoms with Crippen LogP contribution in [0.4, 0.5) is 14.5 Å². The number of anilines is 1. The Kier molecular flexibility index (Phi) is 8.10. The summed E-state index contributed by atoms with van der Waals surface area (Å²) in [5.41, 5.74) is 3.19. The molecule has 3 rings (SSSR count). The topological polar surface area (TPSA) is 41.5 Å². The molecule has 31 heavy (non-hydrogen) atoms. The van der Waals surface area contributed by atoms with Gasteiger partial charge in [0.15, 0.2) is 0 Å². The van der Waals surface area contributed by atoms with Crippen LogP contribution in [-0.2, 0) is 4.79 Å². The molecule has 0 saturated heterocycles. The monoisotopic (exact) mass is 424 g/mol. The first kappa shape index (κ1) is 22.9. The highest BCUT2D eigenvalue weighted by atomic mass is 19.1. The van der Waals surface area contributed by atoms with Gasteiger partial charge in [-0.05, 0) is 104 Å². The SMILES string of the molecule is C=C1/C=C(F)\C=C(\C)CN=CC=C1C1CCCC(CC(=O)Nc2ccc(F)cc2)CC1. The van der Waals surface area contributed by atoms with Crippen LogP contribution in [0.3, 0.4) is 0 Å². The number of hydrogen-bond acceptors (Lipinski definition) is 2. The van der Waals surface area contributed by atoms with Crippen molar-refractivity contribution in [1.29, 1.82) is 0 Å². The molecule has 1 fully saturated rings. The number of carbonyl (C=O) groups excluding carboxylic acids is 1. The minimum Gasteiger partial charge on any atom is -0.326 e. The van der Waals surface area contributed by atoms with E-state index in [4.69, 9.17) is 0 Å². The normalized spacial score (nSPS) is 26.0. The fraction of sp³-hybridized carbons (Fsp3) is 0.385. The lowest BCUT2D eigenvalue weighted by atomic mass is 9.86. The summed E-state index contributed by atoms with van der Waals surface area (Å²) in [5, 5.41) is 2.85. The second kappa shape index (κ2) is 11.0. The zero-order chi connectivity index (χ0) is 22.2. The van der Waals surface area contributed by atoms with Crippen LogP contribution in [0.15, 0.2) is 76.6 Å². The molecule has 0 bridgehead atoms. The molecule has 164 valence electrons. The van der Waals surface area contributed by atoms with Gasteiger partial charge in [-0.3, -0.25) is 9.79 Å². The van der Waals surface area contributed by atoms with Crippen molar-refractivity contribution >= 4 is 17.8 Å². The Morgan fingerprint density at radius 3 is 2.68 bits per heavy atom. The second-order valence-corrected chi connectivity index (χ2v) is 8.49. The Labute approximate surface area is 183 Å². The van der Waals surface area contributed by atoms with Crippen LogP contribution < -0.4 is 5.32 Å². The largest absolute Gasteiger partial charge is 0.326 e. The van der Waals surface area contributed by atoms with E-state index in [1.54, 1.807) is 18.3 Å². The number of hydrogen-bond donors (Lipinski definition) is 1. The van der Waals surface area contributed by atoms with Gasteiger partial charge >= 0.3 is 0 Å². The number of rotatable bonds is 4. The third-order valence-electron chi connectivity index (χ3n) is 5.90. The van der Waals surface area contributed by atoms with Gasteiger partial charge in [0, 0.05) is 18.3 Å². The lowest BCUT2D eigenvalue weighted by Crippen LogP contribution is -2.16. The number of nitrogens with one attached hydrogen (secondary N) is 1. The summed E-state index contributed by atoms with van der Waals surface area (Å²) in [5.74, 6) is -0.0932. The van der Waals surface area contributed by atoms with E-state index >= 15 is 0 Å². The van der Waals surface area contributed by atoms with Gasteiger partial charge in [-0.2, -0.15) is 0 Å². The molecule has 0 aromatic heterocycles. The fourth-order valence-electron chi connectivity index (χ4n) is 4.31. The van der Waals surface area contributed by atoms with E-state index in [0.717, 1.165) is 43.3 Å². The standard InChI is InChI=1S/C26H30F2N2O/c1-18-14-23(28)15-19(2)25(12-13-29-17-18)21-5-3-4-20(6-7-21)16-26(31)30-24-10-8-22(27)9-11-24/h8-15,20-21H,2-7,16-17H2,1H3,(H,30,31)/b18-14-,23-15+,25-12?,29-13?. The molecule has 0 spiro atoms. The molecule has 2 aliphatic rings. The van der Waals surface area contributed by atoms with Gasteiger partial charge < -0.3 is 5.32 Å². The molecule has 1 aromatic rings. The third-order valence-corrected chi connectivity index (χ3v) is 5.90. The van der Waals surface area contributed by atoms with Crippen molar-refractivity contribution in [3.05, 3.63) is 77.4 Å². The Morgan fingerprint density at radius 2 is 1.90 bits per heavy atom. The molecule has 1 saturated carbocycles. The summed E-state index contributed by atoms with van der Waals surface area (Å²) in [4.78, 5) is 16.8. The third kappa shape index (κ3) is 7.12. The van der Waals surface area contributed by atoms with E-state index in [1.807, 2.05) is 13.0 Å². The summed E-state index contributed by atoms with van der Waals surface area (Å²) in [7, 11) is 0. The summed E-state index contributed by atoms with van der Waals surface area (Å²) in [6.45, 7) is 6.44. The minimum atomic E-state index is -0.324. The van der Waals surface area contributed by atoms with E-state index < -0.39 is 0 Å². The zero-order valence-electron chi connectivity index (χ0n) is 18.0. The van der Waals surface area contributed by atoms with Crippen LogP contribution >= 0.6 is 0 Å². The van der Waals surface area contributed by atoms with Crippen LogP contribution in [0.2, 0.25) is 0 Å². The van der Waals surface area contributed by atoms with Crippen LogP contribution in [0.1, 0.15) is 45.4 Å². The molecule has 3 nitrogen and oxygen atoms in total. The molecule has 2 unspecified atom stereocenters. The smallest absolute Gasteiger partial charge is 0.224 e. The second-order valence-electron chi connectivity index (χ2n) is 8.49. The molecule has 1 heterocycles. The summed E-state index contributed by atoms with van der Waals surface area (Å²) in [6.07, 6.45) is 12.1. The molecular weight excluding hydrogens is 394 g/mol. The van der Waals surface area contributed by atoms with E-state index in [0.29, 0.717) is 30.1 Å². The minimum absolute atomic E-state index is 0.0448. The van der Waals surface area contributed by atoms with Crippen LogP contribution in [0, 0.1) is 17.7 Å². The van der Waals surface area contributed by atoms with Crippen LogP contribution in [-0.4, -0.2) is 18.7 Å². The molecule has 5 heteroatoms. The van der Waals surface area contributed by atoms with Crippen molar-refractivity contribution in [3.8, 4) is 0 Å². The van der Waals surface area contributed by atoms with E-state index in [1.165, 1.54) is 24.3 Å². The van der Waals surface area contributed by atoms with Crippen molar-refractivity contribution in [2.24, 2.45) is 16.8 Å². The van der Waals surface area contributed by atoms with Gasteiger partial charge in [0.1, 0.15) is 11.6 Å². The molecule has 1 aromatic carbocycles. The molecule has 2 atom stereocenters. The van der Waals surface area contributed by atoms with Gasteiger partial charge in [-0.25, -0.2) is 8.78 Å². The van der Waals surface area contributed by atoms with Gasteiger partial charge in [0.05, 0.1) is 6.54 Å². The van der Waals surface area contributed by atoms with Crippen molar-refractivity contribution in [2.45, 2.75) is 45.4 Å². The maximum atomic E-state index is 14.2. The lowest BCUT2D eigenvalue weighted by molar-refractivity contribution is -0.117. The number of halogens is 2. The zero-order valence-corrected chi connectivity index (χ0v) is 18.0. The summed E-state index contributed by atoms with van der Waals surface area (Å²) >= 11 is 0. The first-order valence-electron chi connectivity index (χ1n) is 10.9. The number of amides is 1. The number of aliphatic imine (C=N–C) groups is 1. The number of allylic oxidation sites excluding steroid dienone is 6. The quantitative estimate of drug-likeness (QED) is 0.536. The van der Waals surface area contributed by atoms with Gasteiger partial charge in [0.2, 0.25) is 5.91 Å². The highest BCUT2D eigenvalue weighted by Crippen LogP contribution is 2.36. The van der Waals surface area contributed by atoms with Gasteiger partial charge in [-0.15, -0.1) is 0 Å². The Morgan fingerprint density at radius 1 is 1.13 bits per heavy atom. The molecule has 1 N–H and O–H groups in total. The maximum absolute atomic E-state index is 14.2. The van der Waals surface area contributed by atoms with Gasteiger partial charge in [0.25, 0.3) is 0 Å². The van der Waals surface area contributed by atoms with Crippen molar-refractivity contribution < 1.29 is 13.6 Å². The average Bonchev–Trinajstić information content (AvgIpc) is 2.94. The van der Waals surface area contributed by atoms with Crippen molar-refractivity contribution in [3.63, 3.8) is 0 Å². The fourth-order valence-corrected chi connectivity index (χ4v) is 4.31. The predicted octanol–water partition coefficient (Wildman–Crippen LogP) is 6.72. The highest BCUT2D eigenvalue weighted by molar-refractivity contribution is 5.90. The highest BCUT2D eigenvalue weighted by Gasteiger charge is 2.24. The summed E-state index contributed by atoms with van der Waals surface area (Å²) < 4.78 is 27.3. The van der Waals surface area contributed by atoms with Crippen LogP contribution in [0.25, 0.3) is 0 Å². The number of carbonyl (C=O) groups is 1. The van der Waals surface area contributed by atoms with E-state index in [2.05, 4.69) is 16.9 Å². The molecule has 0 radical (unpaired) electrons. The Balaban J connectivity index is 1.60.